The van der Waals surface area contributed by atoms with Crippen molar-refractivity contribution in [2.24, 2.45) is 0 Å². The number of allylic oxidation sites excluding steroid dienone is 3. The Morgan fingerprint density at radius 2 is 1.74 bits per heavy atom. The normalized spacial score (nSPS) is 19.1. The first-order valence-corrected chi connectivity index (χ1v) is 12.6. The van der Waals surface area contributed by atoms with E-state index in [1.165, 1.54) is 6.07 Å². The lowest BCUT2D eigenvalue weighted by Crippen LogP contribution is -2.37. The van der Waals surface area contributed by atoms with E-state index in [-0.39, 0.29) is 17.4 Å². The van der Waals surface area contributed by atoms with Crippen LogP contribution in [0.4, 0.5) is 14.5 Å². The summed E-state index contributed by atoms with van der Waals surface area (Å²) in [4.78, 5) is 27.3. The molecule has 7 heteroatoms. The highest BCUT2D eigenvalue weighted by atomic mass is 19.1. The van der Waals surface area contributed by atoms with Crippen LogP contribution in [0.1, 0.15) is 49.7 Å². The third-order valence-corrected chi connectivity index (χ3v) is 7.05. The van der Waals surface area contributed by atoms with Gasteiger partial charge in [-0.15, -0.1) is 0 Å². The Hall–Kier alpha value is -4.26. The minimum absolute atomic E-state index is 0.0208. The number of anilines is 1. The molecule has 3 aromatic rings. The van der Waals surface area contributed by atoms with Gasteiger partial charge in [0.15, 0.2) is 5.78 Å². The van der Waals surface area contributed by atoms with Gasteiger partial charge in [0.05, 0.1) is 12.3 Å². The Balaban J connectivity index is 1.56. The van der Waals surface area contributed by atoms with Crippen LogP contribution in [0, 0.1) is 11.6 Å². The number of Topliss-reactive ketones (excluding diaryl/α,β-unsaturated/α-hetero) is 1. The van der Waals surface area contributed by atoms with Gasteiger partial charge in [-0.25, -0.2) is 8.78 Å². The Labute approximate surface area is 220 Å². The van der Waals surface area contributed by atoms with Gasteiger partial charge < -0.3 is 15.4 Å². The van der Waals surface area contributed by atoms with Crippen LogP contribution in [0.15, 0.2) is 95.3 Å². The first-order valence-electron chi connectivity index (χ1n) is 12.6. The fourth-order valence-corrected chi connectivity index (χ4v) is 5.34. The third-order valence-electron chi connectivity index (χ3n) is 7.05. The van der Waals surface area contributed by atoms with Gasteiger partial charge >= 0.3 is 0 Å². The Morgan fingerprint density at radius 3 is 2.42 bits per heavy atom. The number of ketones is 1. The van der Waals surface area contributed by atoms with E-state index in [0.717, 1.165) is 29.0 Å². The van der Waals surface area contributed by atoms with Gasteiger partial charge in [-0.2, -0.15) is 0 Å². The summed E-state index contributed by atoms with van der Waals surface area (Å²) in [5.74, 6) is -2.18. The van der Waals surface area contributed by atoms with Gasteiger partial charge in [0.1, 0.15) is 17.4 Å². The lowest BCUT2D eigenvalue weighted by Gasteiger charge is -2.37. The van der Waals surface area contributed by atoms with Crippen molar-refractivity contribution in [1.82, 2.24) is 5.32 Å². The zero-order chi connectivity index (χ0) is 26.8. The van der Waals surface area contributed by atoms with Gasteiger partial charge in [-0.1, -0.05) is 42.5 Å². The molecule has 1 heterocycles. The second-order valence-corrected chi connectivity index (χ2v) is 9.51. The van der Waals surface area contributed by atoms with E-state index in [4.69, 9.17) is 4.74 Å². The number of hydrogen-bond acceptors (Lipinski definition) is 4. The Bertz CT molecular complexity index is 1450. The van der Waals surface area contributed by atoms with Crippen LogP contribution in [0.25, 0.3) is 0 Å². The van der Waals surface area contributed by atoms with Crippen LogP contribution >= 0.6 is 0 Å². The van der Waals surface area contributed by atoms with Gasteiger partial charge in [-0.05, 0) is 61.6 Å². The zero-order valence-corrected chi connectivity index (χ0v) is 21.2. The second kappa shape index (κ2) is 10.6. The van der Waals surface area contributed by atoms with Gasteiger partial charge in [0.2, 0.25) is 0 Å². The lowest BCUT2D eigenvalue weighted by atomic mass is 9.71. The average molecular weight is 515 g/mol. The van der Waals surface area contributed by atoms with Crippen molar-refractivity contribution < 1.29 is 23.1 Å². The Kier molecular flexibility index (Phi) is 7.09. The molecule has 0 spiro atoms. The maximum atomic E-state index is 14.4. The van der Waals surface area contributed by atoms with Gasteiger partial charge in [0, 0.05) is 40.9 Å². The number of rotatable bonds is 6. The van der Waals surface area contributed by atoms with E-state index in [1.54, 1.807) is 6.92 Å². The number of dihydropyridines is 1. The third kappa shape index (κ3) is 4.96. The monoisotopic (exact) mass is 514 g/mol. The molecule has 1 aliphatic carbocycles. The molecule has 0 fully saturated rings. The SMILES string of the molecule is CCOc1ccc(C2C(C(=O)Nc3ccc(F)cc3F)=C(C)NC3=C2C(=O)CC(c2ccccc2)C3)cc1. The molecule has 0 saturated carbocycles. The van der Waals surface area contributed by atoms with E-state index in [2.05, 4.69) is 10.6 Å². The number of hydrogen-bond donors (Lipinski definition) is 2. The molecular formula is C31H28F2N2O3. The number of benzene rings is 3. The lowest BCUT2D eigenvalue weighted by molar-refractivity contribution is -0.116. The molecule has 194 valence electrons. The number of carbonyl (C=O) groups excluding carboxylic acids is 2. The van der Waals surface area contributed by atoms with E-state index in [0.29, 0.717) is 42.0 Å². The van der Waals surface area contributed by atoms with Crippen LogP contribution in [0.5, 0.6) is 5.75 Å². The molecule has 0 radical (unpaired) electrons. The van der Waals surface area contributed by atoms with E-state index >= 15 is 0 Å². The summed E-state index contributed by atoms with van der Waals surface area (Å²) >= 11 is 0. The smallest absolute Gasteiger partial charge is 0.254 e. The molecule has 2 unspecified atom stereocenters. The van der Waals surface area contributed by atoms with Crippen molar-refractivity contribution in [3.63, 3.8) is 0 Å². The highest BCUT2D eigenvalue weighted by molar-refractivity contribution is 6.10. The Morgan fingerprint density at radius 1 is 1.00 bits per heavy atom. The highest BCUT2D eigenvalue weighted by Crippen LogP contribution is 2.46. The maximum absolute atomic E-state index is 14.4. The predicted octanol–water partition coefficient (Wildman–Crippen LogP) is 6.36. The van der Waals surface area contributed by atoms with Crippen LogP contribution in [0.3, 0.4) is 0 Å². The van der Waals surface area contributed by atoms with E-state index in [9.17, 15) is 18.4 Å². The molecule has 2 atom stereocenters. The molecule has 2 aliphatic rings. The summed E-state index contributed by atoms with van der Waals surface area (Å²) in [7, 11) is 0. The molecule has 1 aliphatic heterocycles. The first kappa shape index (κ1) is 25.4. The van der Waals surface area contributed by atoms with Crippen molar-refractivity contribution >= 4 is 17.4 Å². The molecule has 5 nitrogen and oxygen atoms in total. The fraction of sp³-hybridized carbons (Fsp3) is 0.226. The number of nitrogens with one attached hydrogen (secondary N) is 2. The topological polar surface area (TPSA) is 67.4 Å². The number of halogens is 2. The summed E-state index contributed by atoms with van der Waals surface area (Å²) < 4.78 is 33.4. The second-order valence-electron chi connectivity index (χ2n) is 9.51. The highest BCUT2D eigenvalue weighted by Gasteiger charge is 2.41. The average Bonchev–Trinajstić information content (AvgIpc) is 2.90. The van der Waals surface area contributed by atoms with Crippen LogP contribution < -0.4 is 15.4 Å². The molecule has 1 amide bonds. The number of carbonyl (C=O) groups is 2. The van der Waals surface area contributed by atoms with Crippen molar-refractivity contribution in [3.8, 4) is 5.75 Å². The number of ether oxygens (including phenoxy) is 1. The standard InChI is InChI=1S/C31H28F2N2O3/c1-3-38-23-12-9-20(10-13-23)29-28(31(37)35-25-14-11-22(32)17-24(25)33)18(2)34-26-15-21(16-27(36)30(26)29)19-7-5-4-6-8-19/h4-14,17,21,29,34H,3,15-16H2,1-2H3,(H,35,37). The van der Waals surface area contributed by atoms with E-state index in [1.807, 2.05) is 61.5 Å². The minimum atomic E-state index is -0.877. The summed E-state index contributed by atoms with van der Waals surface area (Å²) in [6, 6.07) is 20.2. The molecule has 0 bridgehead atoms. The quantitative estimate of drug-likeness (QED) is 0.402. The minimum Gasteiger partial charge on any atom is -0.494 e. The first-order chi connectivity index (χ1) is 18.4. The molecule has 38 heavy (non-hydrogen) atoms. The largest absolute Gasteiger partial charge is 0.494 e. The van der Waals surface area contributed by atoms with Crippen LogP contribution in [-0.4, -0.2) is 18.3 Å². The molecule has 3 aromatic carbocycles. The van der Waals surface area contributed by atoms with Gasteiger partial charge in [-0.3, -0.25) is 9.59 Å². The number of amides is 1. The summed E-state index contributed by atoms with van der Waals surface area (Å²) in [5, 5.41) is 5.90. The molecule has 5 rings (SSSR count). The summed E-state index contributed by atoms with van der Waals surface area (Å²) in [5.41, 5.74) is 3.91. The summed E-state index contributed by atoms with van der Waals surface area (Å²) in [6.07, 6.45) is 0.941. The fourth-order valence-electron chi connectivity index (χ4n) is 5.34. The molecular weight excluding hydrogens is 486 g/mol. The van der Waals surface area contributed by atoms with Crippen molar-refractivity contribution in [2.45, 2.75) is 38.5 Å². The summed E-state index contributed by atoms with van der Waals surface area (Å²) in [6.45, 7) is 4.18. The maximum Gasteiger partial charge on any atom is 0.254 e. The molecule has 0 aromatic heterocycles. The van der Waals surface area contributed by atoms with Crippen LogP contribution in [-0.2, 0) is 9.59 Å². The van der Waals surface area contributed by atoms with Gasteiger partial charge in [0.25, 0.3) is 5.91 Å². The van der Waals surface area contributed by atoms with Crippen molar-refractivity contribution in [3.05, 3.63) is 118 Å². The predicted molar refractivity (Wildman–Crippen MR) is 142 cm³/mol. The zero-order valence-electron chi connectivity index (χ0n) is 21.2. The van der Waals surface area contributed by atoms with E-state index < -0.39 is 23.5 Å². The van der Waals surface area contributed by atoms with Crippen molar-refractivity contribution in [1.29, 1.82) is 0 Å². The van der Waals surface area contributed by atoms with Crippen LogP contribution in [0.2, 0.25) is 0 Å². The van der Waals surface area contributed by atoms with Crippen molar-refractivity contribution in [2.75, 3.05) is 11.9 Å². The molecule has 2 N–H and O–H groups in total. The molecule has 0 saturated heterocycles.